The maximum atomic E-state index is 4.54. The standard InChI is InChI=1S/C17H16BrN3/c18-14-6-5-11-8-13(4-3-12(11)9-14)16-10-20-17(21-16)15-2-1-7-19-15/h3-6,8-10,15,19H,1-2,7H2,(H,20,21). The summed E-state index contributed by atoms with van der Waals surface area (Å²) >= 11 is 3.51. The Balaban J connectivity index is 1.71. The van der Waals surface area contributed by atoms with Crippen LogP contribution in [0.1, 0.15) is 24.7 Å². The summed E-state index contributed by atoms with van der Waals surface area (Å²) in [5.74, 6) is 1.05. The molecule has 3 nitrogen and oxygen atoms in total. The first-order chi connectivity index (χ1) is 10.3. The number of aromatic nitrogens is 2. The van der Waals surface area contributed by atoms with Crippen LogP contribution in [0.25, 0.3) is 22.0 Å². The molecule has 2 aromatic carbocycles. The van der Waals surface area contributed by atoms with Gasteiger partial charge in [0, 0.05) is 10.0 Å². The molecule has 2 heterocycles. The molecule has 4 rings (SSSR count). The molecule has 0 spiro atoms. The van der Waals surface area contributed by atoms with Crippen molar-refractivity contribution in [1.82, 2.24) is 15.3 Å². The van der Waals surface area contributed by atoms with Crippen LogP contribution in [0.5, 0.6) is 0 Å². The molecule has 4 heteroatoms. The van der Waals surface area contributed by atoms with Crippen LogP contribution in [-0.2, 0) is 0 Å². The van der Waals surface area contributed by atoms with Crippen LogP contribution in [0.4, 0.5) is 0 Å². The van der Waals surface area contributed by atoms with Crippen LogP contribution in [0.2, 0.25) is 0 Å². The van der Waals surface area contributed by atoms with Gasteiger partial charge in [-0.15, -0.1) is 0 Å². The summed E-state index contributed by atoms with van der Waals surface area (Å²) in [7, 11) is 0. The van der Waals surface area contributed by atoms with Crippen molar-refractivity contribution in [3.63, 3.8) is 0 Å². The lowest BCUT2D eigenvalue weighted by Gasteiger charge is -2.06. The molecule has 0 amide bonds. The number of halogens is 1. The number of aromatic amines is 1. The Bertz CT molecular complexity index is 788. The average Bonchev–Trinajstić information content (AvgIpc) is 3.17. The van der Waals surface area contributed by atoms with E-state index in [2.05, 4.69) is 67.6 Å². The molecule has 1 unspecified atom stereocenters. The number of imidazole rings is 1. The van der Waals surface area contributed by atoms with E-state index >= 15 is 0 Å². The number of rotatable bonds is 2. The normalized spacial score (nSPS) is 18.4. The Morgan fingerprint density at radius 3 is 2.81 bits per heavy atom. The van der Waals surface area contributed by atoms with E-state index in [1.165, 1.54) is 29.2 Å². The maximum absolute atomic E-state index is 4.54. The Morgan fingerprint density at radius 1 is 1.10 bits per heavy atom. The lowest BCUT2D eigenvalue weighted by molar-refractivity contribution is 0.613. The van der Waals surface area contributed by atoms with Crippen LogP contribution in [0, 0.1) is 0 Å². The van der Waals surface area contributed by atoms with Gasteiger partial charge in [0.05, 0.1) is 17.9 Å². The fraction of sp³-hybridized carbons (Fsp3) is 0.235. The molecule has 0 bridgehead atoms. The molecule has 106 valence electrons. The monoisotopic (exact) mass is 341 g/mol. The van der Waals surface area contributed by atoms with E-state index in [-0.39, 0.29) is 0 Å². The number of fused-ring (bicyclic) bond motifs is 1. The zero-order valence-corrected chi connectivity index (χ0v) is 13.2. The number of hydrogen-bond acceptors (Lipinski definition) is 2. The SMILES string of the molecule is Brc1ccc2cc(-c3cnc(C4CCCN4)[nH]3)ccc2c1. The summed E-state index contributed by atoms with van der Waals surface area (Å²) in [6.45, 7) is 1.09. The summed E-state index contributed by atoms with van der Waals surface area (Å²) < 4.78 is 1.11. The van der Waals surface area contributed by atoms with Gasteiger partial charge in [0.15, 0.2) is 0 Å². The van der Waals surface area contributed by atoms with Crippen LogP contribution >= 0.6 is 15.9 Å². The number of hydrogen-bond donors (Lipinski definition) is 2. The minimum absolute atomic E-state index is 0.384. The highest BCUT2D eigenvalue weighted by Gasteiger charge is 2.19. The zero-order valence-electron chi connectivity index (χ0n) is 11.6. The molecule has 1 aliphatic rings. The van der Waals surface area contributed by atoms with Gasteiger partial charge in [-0.25, -0.2) is 4.98 Å². The van der Waals surface area contributed by atoms with Crippen molar-refractivity contribution in [2.24, 2.45) is 0 Å². The molecule has 0 radical (unpaired) electrons. The van der Waals surface area contributed by atoms with E-state index in [1.807, 2.05) is 6.20 Å². The highest BCUT2D eigenvalue weighted by atomic mass is 79.9. The fourth-order valence-electron chi connectivity index (χ4n) is 2.96. The van der Waals surface area contributed by atoms with Crippen LogP contribution in [0.15, 0.2) is 47.1 Å². The minimum atomic E-state index is 0.384. The Hall–Kier alpha value is -1.65. The molecule has 2 N–H and O–H groups in total. The summed E-state index contributed by atoms with van der Waals surface area (Å²) in [6, 6.07) is 13.3. The Morgan fingerprint density at radius 2 is 1.95 bits per heavy atom. The van der Waals surface area contributed by atoms with Gasteiger partial charge in [-0.1, -0.05) is 34.1 Å². The van der Waals surface area contributed by atoms with Gasteiger partial charge < -0.3 is 10.3 Å². The van der Waals surface area contributed by atoms with Crippen LogP contribution in [0.3, 0.4) is 0 Å². The molecular formula is C17H16BrN3. The minimum Gasteiger partial charge on any atom is -0.341 e. The number of nitrogens with one attached hydrogen (secondary N) is 2. The summed E-state index contributed by atoms with van der Waals surface area (Å²) in [5, 5.41) is 5.96. The third-order valence-corrected chi connectivity index (χ3v) is 4.59. The smallest absolute Gasteiger partial charge is 0.123 e. The number of H-pyrrole nitrogens is 1. The van der Waals surface area contributed by atoms with Crippen molar-refractivity contribution < 1.29 is 0 Å². The van der Waals surface area contributed by atoms with Crippen molar-refractivity contribution in [2.45, 2.75) is 18.9 Å². The van der Waals surface area contributed by atoms with Gasteiger partial charge in [-0.3, -0.25) is 0 Å². The molecule has 3 aromatic rings. The predicted molar refractivity (Wildman–Crippen MR) is 89.2 cm³/mol. The Labute approximate surface area is 131 Å². The van der Waals surface area contributed by atoms with Crippen molar-refractivity contribution >= 4 is 26.7 Å². The van der Waals surface area contributed by atoms with Gasteiger partial charge in [-0.05, 0) is 48.4 Å². The van der Waals surface area contributed by atoms with E-state index in [1.54, 1.807) is 0 Å². The quantitative estimate of drug-likeness (QED) is 0.724. The summed E-state index contributed by atoms with van der Waals surface area (Å²) in [5.41, 5.74) is 2.27. The number of benzene rings is 2. The van der Waals surface area contributed by atoms with Gasteiger partial charge in [0.1, 0.15) is 5.82 Å². The molecule has 1 fully saturated rings. The molecule has 1 saturated heterocycles. The van der Waals surface area contributed by atoms with Gasteiger partial charge in [0.25, 0.3) is 0 Å². The second kappa shape index (κ2) is 5.28. The second-order valence-corrected chi connectivity index (χ2v) is 6.45. The van der Waals surface area contributed by atoms with Gasteiger partial charge >= 0.3 is 0 Å². The van der Waals surface area contributed by atoms with E-state index in [0.29, 0.717) is 6.04 Å². The first kappa shape index (κ1) is 13.0. The van der Waals surface area contributed by atoms with Crippen molar-refractivity contribution in [3.8, 4) is 11.3 Å². The molecular weight excluding hydrogens is 326 g/mol. The second-order valence-electron chi connectivity index (χ2n) is 5.54. The van der Waals surface area contributed by atoms with Crippen LogP contribution < -0.4 is 5.32 Å². The molecule has 0 aliphatic carbocycles. The highest BCUT2D eigenvalue weighted by molar-refractivity contribution is 9.10. The van der Waals surface area contributed by atoms with Crippen LogP contribution in [-0.4, -0.2) is 16.5 Å². The highest BCUT2D eigenvalue weighted by Crippen LogP contribution is 2.27. The average molecular weight is 342 g/mol. The fourth-order valence-corrected chi connectivity index (χ4v) is 3.34. The molecule has 0 saturated carbocycles. The lowest BCUT2D eigenvalue weighted by atomic mass is 10.1. The predicted octanol–water partition coefficient (Wildman–Crippen LogP) is 4.42. The summed E-state index contributed by atoms with van der Waals surface area (Å²) in [6.07, 6.45) is 4.33. The van der Waals surface area contributed by atoms with Crippen molar-refractivity contribution in [1.29, 1.82) is 0 Å². The Kier molecular flexibility index (Phi) is 3.28. The number of nitrogens with zero attached hydrogens (tertiary/aromatic N) is 1. The topological polar surface area (TPSA) is 40.7 Å². The van der Waals surface area contributed by atoms with Gasteiger partial charge in [-0.2, -0.15) is 0 Å². The van der Waals surface area contributed by atoms with Crippen molar-refractivity contribution in [2.75, 3.05) is 6.54 Å². The molecule has 21 heavy (non-hydrogen) atoms. The summed E-state index contributed by atoms with van der Waals surface area (Å²) in [4.78, 5) is 8.01. The lowest BCUT2D eigenvalue weighted by Crippen LogP contribution is -2.14. The van der Waals surface area contributed by atoms with E-state index < -0.39 is 0 Å². The van der Waals surface area contributed by atoms with E-state index in [0.717, 1.165) is 22.5 Å². The molecule has 1 aliphatic heterocycles. The molecule has 1 atom stereocenters. The first-order valence-electron chi connectivity index (χ1n) is 7.27. The first-order valence-corrected chi connectivity index (χ1v) is 8.07. The third-order valence-electron chi connectivity index (χ3n) is 4.10. The van der Waals surface area contributed by atoms with E-state index in [4.69, 9.17) is 0 Å². The zero-order chi connectivity index (χ0) is 14.2. The van der Waals surface area contributed by atoms with Crippen molar-refractivity contribution in [3.05, 3.63) is 52.9 Å². The molecule has 1 aromatic heterocycles. The largest absolute Gasteiger partial charge is 0.341 e. The third kappa shape index (κ3) is 2.49. The van der Waals surface area contributed by atoms with E-state index in [9.17, 15) is 0 Å². The maximum Gasteiger partial charge on any atom is 0.123 e. The van der Waals surface area contributed by atoms with Gasteiger partial charge in [0.2, 0.25) is 0 Å².